The molecular formula is C21H23NO4. The minimum atomic E-state index is -0.0589. The van der Waals surface area contributed by atoms with Gasteiger partial charge in [0.1, 0.15) is 5.75 Å². The normalized spacial score (nSPS) is 19.8. The van der Waals surface area contributed by atoms with E-state index < -0.39 is 0 Å². The summed E-state index contributed by atoms with van der Waals surface area (Å²) in [7, 11) is 0. The van der Waals surface area contributed by atoms with Crippen LogP contribution in [0.3, 0.4) is 0 Å². The largest absolute Gasteiger partial charge is 0.484 e. The molecule has 1 aliphatic heterocycles. The number of carbonyl (C=O) groups is 2. The third kappa shape index (κ3) is 4.49. The Morgan fingerprint density at radius 1 is 0.962 bits per heavy atom. The van der Waals surface area contributed by atoms with Crippen molar-refractivity contribution < 1.29 is 19.1 Å². The van der Waals surface area contributed by atoms with Crippen LogP contribution in [-0.4, -0.2) is 48.5 Å². The maximum Gasteiger partial charge on any atom is 0.260 e. The molecule has 136 valence electrons. The number of rotatable bonds is 5. The highest BCUT2D eigenvalue weighted by Crippen LogP contribution is 2.16. The van der Waals surface area contributed by atoms with Gasteiger partial charge >= 0.3 is 0 Å². The van der Waals surface area contributed by atoms with Crippen molar-refractivity contribution in [3.05, 3.63) is 65.7 Å². The molecule has 1 heterocycles. The Hall–Kier alpha value is -2.66. The average Bonchev–Trinajstić information content (AvgIpc) is 2.66. The van der Waals surface area contributed by atoms with Crippen LogP contribution in [-0.2, 0) is 9.53 Å². The lowest BCUT2D eigenvalue weighted by molar-refractivity contribution is -0.145. The molecule has 0 N–H and O–H groups in total. The number of benzene rings is 2. The molecular weight excluding hydrogens is 330 g/mol. The van der Waals surface area contributed by atoms with E-state index in [-0.39, 0.29) is 30.5 Å². The highest BCUT2D eigenvalue weighted by Gasteiger charge is 2.25. The number of hydrogen-bond donors (Lipinski definition) is 0. The van der Waals surface area contributed by atoms with E-state index in [0.29, 0.717) is 30.0 Å². The second-order valence-electron chi connectivity index (χ2n) is 6.56. The summed E-state index contributed by atoms with van der Waals surface area (Å²) in [4.78, 5) is 26.5. The van der Waals surface area contributed by atoms with E-state index in [1.807, 2.05) is 32.0 Å². The molecule has 5 nitrogen and oxygen atoms in total. The average molecular weight is 353 g/mol. The number of ether oxygens (including phenoxy) is 2. The van der Waals surface area contributed by atoms with E-state index in [4.69, 9.17) is 9.47 Å². The molecule has 5 heteroatoms. The summed E-state index contributed by atoms with van der Waals surface area (Å²) < 4.78 is 11.2. The van der Waals surface area contributed by atoms with Crippen LogP contribution in [0.1, 0.15) is 29.8 Å². The van der Waals surface area contributed by atoms with Gasteiger partial charge in [-0.05, 0) is 38.1 Å². The van der Waals surface area contributed by atoms with Gasteiger partial charge in [-0.3, -0.25) is 9.59 Å². The fourth-order valence-corrected chi connectivity index (χ4v) is 3.08. The van der Waals surface area contributed by atoms with Crippen LogP contribution >= 0.6 is 0 Å². The molecule has 2 unspecified atom stereocenters. The van der Waals surface area contributed by atoms with Gasteiger partial charge in [-0.2, -0.15) is 0 Å². The molecule has 0 aliphatic carbocycles. The van der Waals surface area contributed by atoms with Crippen LogP contribution in [0, 0.1) is 0 Å². The van der Waals surface area contributed by atoms with Gasteiger partial charge in [0, 0.05) is 24.2 Å². The Morgan fingerprint density at radius 3 is 2.15 bits per heavy atom. The number of carbonyl (C=O) groups excluding carboxylic acids is 2. The number of amides is 1. The first kappa shape index (κ1) is 18.1. The fourth-order valence-electron chi connectivity index (χ4n) is 3.08. The highest BCUT2D eigenvalue weighted by atomic mass is 16.5. The van der Waals surface area contributed by atoms with Gasteiger partial charge in [-0.25, -0.2) is 0 Å². The Morgan fingerprint density at radius 2 is 1.54 bits per heavy atom. The van der Waals surface area contributed by atoms with Gasteiger partial charge in [0.2, 0.25) is 0 Å². The highest BCUT2D eigenvalue weighted by molar-refractivity contribution is 6.08. The second-order valence-corrected chi connectivity index (χ2v) is 6.56. The molecule has 2 aromatic rings. The van der Waals surface area contributed by atoms with Gasteiger partial charge in [-0.15, -0.1) is 0 Å². The Balaban J connectivity index is 1.56. The predicted molar refractivity (Wildman–Crippen MR) is 98.4 cm³/mol. The number of ketones is 1. The summed E-state index contributed by atoms with van der Waals surface area (Å²) in [5.74, 6) is 0.471. The van der Waals surface area contributed by atoms with Crippen molar-refractivity contribution in [3.8, 4) is 5.75 Å². The molecule has 3 rings (SSSR count). The van der Waals surface area contributed by atoms with Crippen molar-refractivity contribution >= 4 is 11.7 Å². The summed E-state index contributed by atoms with van der Waals surface area (Å²) in [6.07, 6.45) is 0.0666. The zero-order valence-corrected chi connectivity index (χ0v) is 15.1. The number of hydrogen-bond acceptors (Lipinski definition) is 4. The molecule has 0 saturated carbocycles. The zero-order chi connectivity index (χ0) is 18.5. The molecule has 1 fully saturated rings. The SMILES string of the molecule is CC1CN(C(=O)COc2ccc(C(=O)c3ccccc3)cc2)CC(C)O1. The monoisotopic (exact) mass is 353 g/mol. The molecule has 1 amide bonds. The molecule has 1 aliphatic rings. The maximum atomic E-state index is 12.4. The zero-order valence-electron chi connectivity index (χ0n) is 15.1. The summed E-state index contributed by atoms with van der Waals surface area (Å²) >= 11 is 0. The molecule has 0 bridgehead atoms. The van der Waals surface area contributed by atoms with Gasteiger partial charge in [0.15, 0.2) is 12.4 Å². The minimum absolute atomic E-state index is 0.0224. The minimum Gasteiger partial charge on any atom is -0.484 e. The summed E-state index contributed by atoms with van der Waals surface area (Å²) in [5.41, 5.74) is 1.23. The number of nitrogens with zero attached hydrogens (tertiary/aromatic N) is 1. The Labute approximate surface area is 153 Å². The lowest BCUT2D eigenvalue weighted by Crippen LogP contribution is -2.49. The molecule has 1 saturated heterocycles. The van der Waals surface area contributed by atoms with Crippen molar-refractivity contribution in [2.75, 3.05) is 19.7 Å². The molecule has 2 atom stereocenters. The molecule has 2 aromatic carbocycles. The smallest absolute Gasteiger partial charge is 0.260 e. The quantitative estimate of drug-likeness (QED) is 0.776. The van der Waals surface area contributed by atoms with E-state index >= 15 is 0 Å². The maximum absolute atomic E-state index is 12.4. The van der Waals surface area contributed by atoms with Crippen molar-refractivity contribution in [1.82, 2.24) is 4.90 Å². The van der Waals surface area contributed by atoms with Gasteiger partial charge in [0.25, 0.3) is 5.91 Å². The van der Waals surface area contributed by atoms with Gasteiger partial charge < -0.3 is 14.4 Å². The lowest BCUT2D eigenvalue weighted by atomic mass is 10.0. The first-order valence-electron chi connectivity index (χ1n) is 8.79. The first-order valence-corrected chi connectivity index (χ1v) is 8.79. The van der Waals surface area contributed by atoms with Crippen LogP contribution < -0.4 is 4.74 Å². The van der Waals surface area contributed by atoms with Crippen LogP contribution in [0.5, 0.6) is 5.75 Å². The van der Waals surface area contributed by atoms with E-state index in [1.165, 1.54) is 0 Å². The molecule has 0 radical (unpaired) electrons. The first-order chi connectivity index (χ1) is 12.5. The van der Waals surface area contributed by atoms with Crippen LogP contribution in [0.15, 0.2) is 54.6 Å². The summed E-state index contributed by atoms with van der Waals surface area (Å²) in [6.45, 7) is 5.05. The number of morpholine rings is 1. The van der Waals surface area contributed by atoms with E-state index in [2.05, 4.69) is 0 Å². The third-order valence-electron chi connectivity index (χ3n) is 4.29. The van der Waals surface area contributed by atoms with Crippen molar-refractivity contribution in [2.24, 2.45) is 0 Å². The van der Waals surface area contributed by atoms with E-state index in [1.54, 1.807) is 41.3 Å². The standard InChI is InChI=1S/C21H23NO4/c1-15-12-22(13-16(2)26-15)20(23)14-25-19-10-8-18(9-11-19)21(24)17-6-4-3-5-7-17/h3-11,15-16H,12-14H2,1-2H3. The Kier molecular flexibility index (Phi) is 5.68. The van der Waals surface area contributed by atoms with Gasteiger partial charge in [0.05, 0.1) is 12.2 Å². The van der Waals surface area contributed by atoms with Crippen molar-refractivity contribution in [2.45, 2.75) is 26.1 Å². The summed E-state index contributed by atoms with van der Waals surface area (Å²) in [6, 6.07) is 16.0. The Bertz CT molecular complexity index is 747. The fraction of sp³-hybridized carbons (Fsp3) is 0.333. The lowest BCUT2D eigenvalue weighted by Gasteiger charge is -2.35. The predicted octanol–water partition coefficient (Wildman–Crippen LogP) is 2.93. The van der Waals surface area contributed by atoms with Crippen LogP contribution in [0.25, 0.3) is 0 Å². The topological polar surface area (TPSA) is 55.8 Å². The van der Waals surface area contributed by atoms with Gasteiger partial charge in [-0.1, -0.05) is 30.3 Å². The third-order valence-corrected chi connectivity index (χ3v) is 4.29. The van der Waals surface area contributed by atoms with E-state index in [0.717, 1.165) is 0 Å². The molecule has 26 heavy (non-hydrogen) atoms. The molecule has 0 spiro atoms. The van der Waals surface area contributed by atoms with Crippen molar-refractivity contribution in [1.29, 1.82) is 0 Å². The summed E-state index contributed by atoms with van der Waals surface area (Å²) in [5, 5.41) is 0. The second kappa shape index (κ2) is 8.15. The van der Waals surface area contributed by atoms with Crippen LogP contribution in [0.2, 0.25) is 0 Å². The van der Waals surface area contributed by atoms with Crippen LogP contribution in [0.4, 0.5) is 0 Å². The molecule has 0 aromatic heterocycles. The van der Waals surface area contributed by atoms with Crippen molar-refractivity contribution in [3.63, 3.8) is 0 Å². The van der Waals surface area contributed by atoms with E-state index in [9.17, 15) is 9.59 Å².